The molecule has 0 unspecified atom stereocenters. The molecule has 0 radical (unpaired) electrons. The number of aryl methyl sites for hydroxylation is 2. The van der Waals surface area contributed by atoms with E-state index in [0.29, 0.717) is 5.69 Å². The summed E-state index contributed by atoms with van der Waals surface area (Å²) in [7, 11) is 0. The Morgan fingerprint density at radius 1 is 1.26 bits per heavy atom. The van der Waals surface area contributed by atoms with Gasteiger partial charge in [0.05, 0.1) is 0 Å². The van der Waals surface area contributed by atoms with E-state index in [-0.39, 0.29) is 24.5 Å². The number of rotatable bonds is 4. The van der Waals surface area contributed by atoms with E-state index >= 15 is 0 Å². The van der Waals surface area contributed by atoms with E-state index in [9.17, 15) is 14.4 Å². The van der Waals surface area contributed by atoms with Crippen LogP contribution in [0.3, 0.4) is 0 Å². The molecule has 2 rings (SSSR count). The van der Waals surface area contributed by atoms with Gasteiger partial charge in [0.1, 0.15) is 5.71 Å². The molecule has 0 aliphatic carbocycles. The van der Waals surface area contributed by atoms with Crippen LogP contribution < -0.4 is 10.7 Å². The largest absolute Gasteiger partial charge is 0.448 e. The normalized spacial score (nSPS) is 15.3. The third-order valence-electron chi connectivity index (χ3n) is 3.52. The molecule has 2 N–H and O–H groups in total. The van der Waals surface area contributed by atoms with Crippen LogP contribution >= 0.6 is 0 Å². The van der Waals surface area contributed by atoms with Crippen molar-refractivity contribution in [3.63, 3.8) is 0 Å². The third-order valence-corrected chi connectivity index (χ3v) is 3.52. The molecule has 1 heterocycles. The van der Waals surface area contributed by atoms with Crippen molar-refractivity contribution >= 4 is 29.2 Å². The van der Waals surface area contributed by atoms with Crippen LogP contribution in [0.4, 0.5) is 5.69 Å². The van der Waals surface area contributed by atoms with E-state index in [0.717, 1.165) is 11.1 Å². The van der Waals surface area contributed by atoms with Crippen LogP contribution in [-0.4, -0.2) is 29.6 Å². The molecular weight excluding hydrogens is 298 g/mol. The highest BCUT2D eigenvalue weighted by Crippen LogP contribution is 2.19. The highest BCUT2D eigenvalue weighted by molar-refractivity contribution is 6.37. The number of carbonyl (C=O) groups excluding carboxylic acids is 3. The maximum absolute atomic E-state index is 12.2. The quantitative estimate of drug-likeness (QED) is 0.821. The summed E-state index contributed by atoms with van der Waals surface area (Å²) in [5, 5.41) is 6.41. The first-order valence-electron chi connectivity index (χ1n) is 7.32. The fourth-order valence-corrected chi connectivity index (χ4v) is 2.14. The van der Waals surface area contributed by atoms with Crippen LogP contribution in [0.5, 0.6) is 0 Å². The van der Waals surface area contributed by atoms with Gasteiger partial charge in [-0.3, -0.25) is 9.59 Å². The van der Waals surface area contributed by atoms with E-state index in [4.69, 9.17) is 4.74 Å². The Morgan fingerprint density at radius 3 is 2.48 bits per heavy atom. The molecule has 0 aromatic heterocycles. The minimum atomic E-state index is -0.971. The molecule has 0 saturated heterocycles. The van der Waals surface area contributed by atoms with Crippen molar-refractivity contribution in [1.82, 2.24) is 5.43 Å². The Morgan fingerprint density at radius 2 is 1.91 bits per heavy atom. The van der Waals surface area contributed by atoms with Gasteiger partial charge in [-0.05, 0) is 31.9 Å². The fourth-order valence-electron chi connectivity index (χ4n) is 2.14. The van der Waals surface area contributed by atoms with E-state index in [1.54, 1.807) is 0 Å². The van der Waals surface area contributed by atoms with Crippen molar-refractivity contribution in [1.29, 1.82) is 0 Å². The van der Waals surface area contributed by atoms with Gasteiger partial charge in [0.25, 0.3) is 5.91 Å². The Kier molecular flexibility index (Phi) is 5.10. The van der Waals surface area contributed by atoms with Gasteiger partial charge in [0, 0.05) is 18.5 Å². The van der Waals surface area contributed by atoms with Gasteiger partial charge in [0.15, 0.2) is 6.10 Å². The number of hydrogen-bond acceptors (Lipinski definition) is 5. The average molecular weight is 317 g/mol. The summed E-state index contributed by atoms with van der Waals surface area (Å²) in [4.78, 5) is 35.1. The monoisotopic (exact) mass is 317 g/mol. The molecule has 1 aromatic carbocycles. The predicted molar refractivity (Wildman–Crippen MR) is 84.9 cm³/mol. The first-order chi connectivity index (χ1) is 10.9. The molecular formula is C16H19N3O4. The molecule has 1 aromatic rings. The molecule has 122 valence electrons. The van der Waals surface area contributed by atoms with Crippen molar-refractivity contribution in [2.75, 3.05) is 5.32 Å². The zero-order chi connectivity index (χ0) is 17.0. The number of hydrogen-bond donors (Lipinski definition) is 2. The Hall–Kier alpha value is -2.70. The van der Waals surface area contributed by atoms with Crippen LogP contribution in [0.25, 0.3) is 0 Å². The van der Waals surface area contributed by atoms with Crippen molar-refractivity contribution in [3.05, 3.63) is 29.3 Å². The lowest BCUT2D eigenvalue weighted by Crippen LogP contribution is -2.36. The van der Waals surface area contributed by atoms with Crippen LogP contribution in [0, 0.1) is 13.8 Å². The second-order valence-corrected chi connectivity index (χ2v) is 5.40. The topological polar surface area (TPSA) is 96.9 Å². The summed E-state index contributed by atoms with van der Waals surface area (Å²) < 4.78 is 5.11. The molecule has 1 aliphatic heterocycles. The SMILES string of the molecule is Cc1cccc(C)c1NC(=O)[C@@H](C)OC(=O)C1=NNC(=O)CC1. The van der Waals surface area contributed by atoms with E-state index < -0.39 is 18.0 Å². The molecule has 2 amide bonds. The van der Waals surface area contributed by atoms with Crippen LogP contribution in [0.15, 0.2) is 23.3 Å². The van der Waals surface area contributed by atoms with Gasteiger partial charge in [-0.1, -0.05) is 18.2 Å². The lowest BCUT2D eigenvalue weighted by Gasteiger charge is -2.17. The summed E-state index contributed by atoms with van der Waals surface area (Å²) in [5.41, 5.74) is 4.89. The maximum Gasteiger partial charge on any atom is 0.355 e. The van der Waals surface area contributed by atoms with Gasteiger partial charge < -0.3 is 10.1 Å². The summed E-state index contributed by atoms with van der Waals surface area (Å²) >= 11 is 0. The molecule has 23 heavy (non-hydrogen) atoms. The molecule has 0 saturated carbocycles. The standard InChI is InChI=1S/C16H19N3O4/c1-9-5-4-6-10(2)14(9)17-15(21)11(3)23-16(22)12-7-8-13(20)19-18-12/h4-6,11H,7-8H2,1-3H3,(H,17,21)(H,19,20)/t11-/m1/s1. The van der Waals surface area contributed by atoms with Crippen molar-refractivity contribution in [2.45, 2.75) is 39.7 Å². The highest BCUT2D eigenvalue weighted by atomic mass is 16.5. The number of esters is 1. The van der Waals surface area contributed by atoms with E-state index in [1.807, 2.05) is 32.0 Å². The van der Waals surface area contributed by atoms with Crippen molar-refractivity contribution < 1.29 is 19.1 Å². The smallest absolute Gasteiger partial charge is 0.355 e. The first-order valence-corrected chi connectivity index (χ1v) is 7.32. The lowest BCUT2D eigenvalue weighted by molar-refractivity contribution is -0.146. The van der Waals surface area contributed by atoms with Crippen LogP contribution in [0.1, 0.15) is 30.9 Å². The first kappa shape index (κ1) is 16.7. The minimum absolute atomic E-state index is 0.108. The van der Waals surface area contributed by atoms with Crippen LogP contribution in [-0.2, 0) is 19.1 Å². The fraction of sp³-hybridized carbons (Fsp3) is 0.375. The number of amides is 2. The third kappa shape index (κ3) is 4.15. The van der Waals surface area contributed by atoms with Gasteiger partial charge >= 0.3 is 5.97 Å². The summed E-state index contributed by atoms with van der Waals surface area (Å²) in [6, 6.07) is 5.68. The van der Waals surface area contributed by atoms with Crippen LogP contribution in [0.2, 0.25) is 0 Å². The Bertz CT molecular complexity index is 662. The number of ether oxygens (including phenoxy) is 1. The zero-order valence-electron chi connectivity index (χ0n) is 13.3. The second-order valence-electron chi connectivity index (χ2n) is 5.40. The molecule has 7 nitrogen and oxygen atoms in total. The van der Waals surface area contributed by atoms with Gasteiger partial charge in [-0.25, -0.2) is 10.2 Å². The highest BCUT2D eigenvalue weighted by Gasteiger charge is 2.24. The Labute approximate surface area is 134 Å². The molecule has 1 atom stereocenters. The zero-order valence-corrected chi connectivity index (χ0v) is 13.3. The number of anilines is 1. The van der Waals surface area contributed by atoms with Gasteiger partial charge in [-0.15, -0.1) is 0 Å². The summed E-state index contributed by atoms with van der Waals surface area (Å²) in [6.07, 6.45) is -0.589. The summed E-state index contributed by atoms with van der Waals surface area (Å²) in [6.45, 7) is 5.26. The Balaban J connectivity index is 1.97. The number of carbonyl (C=O) groups is 3. The van der Waals surface area contributed by atoms with Crippen molar-refractivity contribution in [2.24, 2.45) is 5.10 Å². The van der Waals surface area contributed by atoms with Crippen molar-refractivity contribution in [3.8, 4) is 0 Å². The van der Waals surface area contributed by atoms with E-state index in [2.05, 4.69) is 15.8 Å². The lowest BCUT2D eigenvalue weighted by atomic mass is 10.1. The summed E-state index contributed by atoms with van der Waals surface area (Å²) in [5.74, 6) is -1.37. The average Bonchev–Trinajstić information content (AvgIpc) is 2.51. The molecule has 7 heteroatoms. The second kappa shape index (κ2) is 7.04. The molecule has 1 aliphatic rings. The number of nitrogens with zero attached hydrogens (tertiary/aromatic N) is 1. The molecule has 0 fully saturated rings. The maximum atomic E-state index is 12.2. The number of benzene rings is 1. The molecule has 0 bridgehead atoms. The minimum Gasteiger partial charge on any atom is -0.448 e. The predicted octanol–water partition coefficient (Wildman–Crippen LogP) is 1.44. The van der Waals surface area contributed by atoms with E-state index in [1.165, 1.54) is 6.92 Å². The number of para-hydroxylation sites is 1. The van der Waals surface area contributed by atoms with Gasteiger partial charge in [-0.2, -0.15) is 5.10 Å². The number of hydrazone groups is 1. The van der Waals surface area contributed by atoms with Gasteiger partial charge in [0.2, 0.25) is 5.91 Å². The number of nitrogens with one attached hydrogen (secondary N) is 2. The molecule has 0 spiro atoms.